The zero-order valence-corrected chi connectivity index (χ0v) is 11.8. The number of hydrogen-bond donors (Lipinski definition) is 2. The molecule has 0 aliphatic carbocycles. The highest BCUT2D eigenvalue weighted by atomic mass is 16.5. The molecule has 0 fully saturated rings. The Morgan fingerprint density at radius 2 is 2.00 bits per heavy atom. The topological polar surface area (TPSA) is 67.8 Å². The fraction of sp³-hybridized carbons (Fsp3) is 0.500. The van der Waals surface area contributed by atoms with Crippen LogP contribution in [0.3, 0.4) is 0 Å². The van der Waals surface area contributed by atoms with Gasteiger partial charge in [0.15, 0.2) is 0 Å². The van der Waals surface area contributed by atoms with E-state index in [1.54, 1.807) is 25.3 Å². The summed E-state index contributed by atoms with van der Waals surface area (Å²) < 4.78 is 10.2. The zero-order chi connectivity index (χ0) is 14.4. The number of hydrogen-bond acceptors (Lipinski definition) is 4. The average Bonchev–Trinajstić information content (AvgIpc) is 2.43. The van der Waals surface area contributed by atoms with Gasteiger partial charge in [-0.1, -0.05) is 13.8 Å². The lowest BCUT2D eigenvalue weighted by atomic mass is 10.1. The van der Waals surface area contributed by atoms with E-state index < -0.39 is 6.10 Å². The summed E-state index contributed by atoms with van der Waals surface area (Å²) in [6.45, 7) is 4.00. The number of aliphatic hydroxyl groups excluding tert-OH is 1. The van der Waals surface area contributed by atoms with Gasteiger partial charge in [-0.25, -0.2) is 0 Å². The van der Waals surface area contributed by atoms with E-state index in [9.17, 15) is 9.90 Å². The number of ether oxygens (including phenoxy) is 2. The largest absolute Gasteiger partial charge is 0.497 e. The van der Waals surface area contributed by atoms with Gasteiger partial charge in [-0.3, -0.25) is 4.79 Å². The Hall–Kier alpha value is -1.75. The molecule has 2 N–H and O–H groups in total. The second kappa shape index (κ2) is 6.99. The van der Waals surface area contributed by atoms with Crippen LogP contribution in [0.5, 0.6) is 11.5 Å². The molecule has 1 atom stereocenters. The predicted molar refractivity (Wildman–Crippen MR) is 72.7 cm³/mol. The van der Waals surface area contributed by atoms with Crippen LogP contribution in [0.1, 0.15) is 24.2 Å². The fourth-order valence-corrected chi connectivity index (χ4v) is 1.51. The maximum atomic E-state index is 12.0. The van der Waals surface area contributed by atoms with E-state index in [4.69, 9.17) is 9.47 Å². The maximum absolute atomic E-state index is 12.0. The Labute approximate surface area is 113 Å². The van der Waals surface area contributed by atoms with Crippen molar-refractivity contribution in [3.8, 4) is 11.5 Å². The average molecular weight is 267 g/mol. The van der Waals surface area contributed by atoms with Gasteiger partial charge in [0.05, 0.1) is 25.9 Å². The minimum atomic E-state index is -0.562. The van der Waals surface area contributed by atoms with Crippen LogP contribution in [0.15, 0.2) is 18.2 Å². The summed E-state index contributed by atoms with van der Waals surface area (Å²) in [6, 6.07) is 4.97. The molecule has 19 heavy (non-hydrogen) atoms. The third kappa shape index (κ3) is 4.13. The van der Waals surface area contributed by atoms with Gasteiger partial charge in [-0.05, 0) is 18.1 Å². The fourth-order valence-electron chi connectivity index (χ4n) is 1.51. The van der Waals surface area contributed by atoms with E-state index in [1.807, 2.05) is 13.8 Å². The van der Waals surface area contributed by atoms with Crippen molar-refractivity contribution in [3.05, 3.63) is 23.8 Å². The van der Waals surface area contributed by atoms with Gasteiger partial charge in [0.2, 0.25) is 0 Å². The van der Waals surface area contributed by atoms with Crippen molar-refractivity contribution in [3.63, 3.8) is 0 Å². The number of benzene rings is 1. The Bertz CT molecular complexity index is 431. The van der Waals surface area contributed by atoms with Gasteiger partial charge in [0.1, 0.15) is 11.5 Å². The van der Waals surface area contributed by atoms with Crippen LogP contribution < -0.4 is 14.8 Å². The lowest BCUT2D eigenvalue weighted by Crippen LogP contribution is -2.34. The molecule has 0 heterocycles. The molecule has 0 radical (unpaired) electrons. The Balaban J connectivity index is 2.76. The minimum absolute atomic E-state index is 0.0954. The molecule has 0 aliphatic heterocycles. The van der Waals surface area contributed by atoms with E-state index in [2.05, 4.69) is 5.32 Å². The van der Waals surface area contributed by atoms with Crippen molar-refractivity contribution in [2.24, 2.45) is 5.92 Å². The summed E-state index contributed by atoms with van der Waals surface area (Å²) in [5.74, 6) is 0.878. The summed E-state index contributed by atoms with van der Waals surface area (Å²) in [7, 11) is 3.04. The summed E-state index contributed by atoms with van der Waals surface area (Å²) in [5.41, 5.74) is 0.416. The van der Waals surface area contributed by atoms with E-state index in [0.29, 0.717) is 17.1 Å². The van der Waals surface area contributed by atoms with Crippen LogP contribution in [0.25, 0.3) is 0 Å². The van der Waals surface area contributed by atoms with Gasteiger partial charge in [0, 0.05) is 12.6 Å². The van der Waals surface area contributed by atoms with E-state index in [-0.39, 0.29) is 18.4 Å². The number of carbonyl (C=O) groups is 1. The number of amides is 1. The molecule has 5 heteroatoms. The van der Waals surface area contributed by atoms with E-state index in [0.717, 1.165) is 0 Å². The molecular formula is C14H21NO4. The second-order valence-corrected chi connectivity index (χ2v) is 4.59. The van der Waals surface area contributed by atoms with Crippen molar-refractivity contribution in [1.82, 2.24) is 5.32 Å². The first kappa shape index (κ1) is 15.3. The Morgan fingerprint density at radius 1 is 1.32 bits per heavy atom. The molecule has 106 valence electrons. The zero-order valence-electron chi connectivity index (χ0n) is 11.8. The van der Waals surface area contributed by atoms with Crippen LogP contribution in [0, 0.1) is 5.92 Å². The number of carbonyl (C=O) groups excluding carboxylic acids is 1. The summed E-state index contributed by atoms with van der Waals surface area (Å²) in [6.07, 6.45) is -0.562. The normalized spacial score (nSPS) is 12.1. The monoisotopic (exact) mass is 267 g/mol. The third-order valence-corrected chi connectivity index (χ3v) is 2.89. The summed E-state index contributed by atoms with van der Waals surface area (Å²) in [4.78, 5) is 12.0. The molecule has 0 saturated carbocycles. The first-order chi connectivity index (χ1) is 8.99. The molecule has 0 aliphatic rings. The first-order valence-corrected chi connectivity index (χ1v) is 6.17. The van der Waals surface area contributed by atoms with Gasteiger partial charge in [-0.2, -0.15) is 0 Å². The molecule has 5 nitrogen and oxygen atoms in total. The maximum Gasteiger partial charge on any atom is 0.255 e. The molecule has 1 amide bonds. The summed E-state index contributed by atoms with van der Waals surface area (Å²) >= 11 is 0. The van der Waals surface area contributed by atoms with Crippen LogP contribution in [0.2, 0.25) is 0 Å². The standard InChI is InChI=1S/C14H21NO4/c1-9(2)12(16)8-15-14(17)11-6-5-10(18-3)7-13(11)19-4/h5-7,9,12,16H,8H2,1-4H3,(H,15,17). The van der Waals surface area contributed by atoms with Crippen LogP contribution >= 0.6 is 0 Å². The first-order valence-electron chi connectivity index (χ1n) is 6.17. The van der Waals surface area contributed by atoms with Crippen molar-refractivity contribution in [1.29, 1.82) is 0 Å². The summed E-state index contributed by atoms with van der Waals surface area (Å²) in [5, 5.41) is 12.3. The van der Waals surface area contributed by atoms with Gasteiger partial charge < -0.3 is 19.9 Å². The van der Waals surface area contributed by atoms with Crippen LogP contribution in [-0.4, -0.2) is 37.9 Å². The lowest BCUT2D eigenvalue weighted by molar-refractivity contribution is 0.0869. The van der Waals surface area contributed by atoms with E-state index >= 15 is 0 Å². The van der Waals surface area contributed by atoms with Crippen LogP contribution in [-0.2, 0) is 0 Å². The van der Waals surface area contributed by atoms with Gasteiger partial charge in [0.25, 0.3) is 5.91 Å². The Kier molecular flexibility index (Phi) is 5.63. The van der Waals surface area contributed by atoms with E-state index in [1.165, 1.54) is 7.11 Å². The molecule has 1 unspecified atom stereocenters. The number of methoxy groups -OCH3 is 2. The molecule has 0 bridgehead atoms. The molecule has 0 spiro atoms. The van der Waals surface area contributed by atoms with Crippen molar-refractivity contribution in [2.75, 3.05) is 20.8 Å². The number of rotatable bonds is 6. The van der Waals surface area contributed by atoms with Crippen molar-refractivity contribution in [2.45, 2.75) is 20.0 Å². The third-order valence-electron chi connectivity index (χ3n) is 2.89. The highest BCUT2D eigenvalue weighted by Gasteiger charge is 2.15. The quantitative estimate of drug-likeness (QED) is 0.818. The molecule has 1 rings (SSSR count). The highest BCUT2D eigenvalue weighted by molar-refractivity contribution is 5.97. The van der Waals surface area contributed by atoms with Crippen molar-refractivity contribution >= 4 is 5.91 Å². The second-order valence-electron chi connectivity index (χ2n) is 4.59. The van der Waals surface area contributed by atoms with Gasteiger partial charge >= 0.3 is 0 Å². The van der Waals surface area contributed by atoms with Crippen molar-refractivity contribution < 1.29 is 19.4 Å². The molecular weight excluding hydrogens is 246 g/mol. The molecule has 1 aromatic rings. The smallest absolute Gasteiger partial charge is 0.255 e. The van der Waals surface area contributed by atoms with Gasteiger partial charge in [-0.15, -0.1) is 0 Å². The number of nitrogens with one attached hydrogen (secondary N) is 1. The van der Waals surface area contributed by atoms with Crippen LogP contribution in [0.4, 0.5) is 0 Å². The minimum Gasteiger partial charge on any atom is -0.497 e. The SMILES string of the molecule is COc1ccc(C(=O)NCC(O)C(C)C)c(OC)c1. The Morgan fingerprint density at radius 3 is 2.53 bits per heavy atom. The molecule has 0 saturated heterocycles. The molecule has 0 aromatic heterocycles. The predicted octanol–water partition coefficient (Wildman–Crippen LogP) is 1.45. The lowest BCUT2D eigenvalue weighted by Gasteiger charge is -2.16. The molecule has 1 aromatic carbocycles. The highest BCUT2D eigenvalue weighted by Crippen LogP contribution is 2.24. The number of aliphatic hydroxyl groups is 1.